The van der Waals surface area contributed by atoms with Crippen molar-refractivity contribution in [1.82, 2.24) is 10.3 Å². The standard InChI is InChI=1S/C20H20N2O4S2/c1-11-8-21-15(12(2)19(11)25-4)9-22-20(24)26-18-7-14(10-27-18)17-6-5-16(28-17)13(3)23/h5-8,10H,9H2,1-4H3,(H,22,24). The minimum atomic E-state index is -0.551. The first-order chi connectivity index (χ1) is 13.4. The molecule has 0 fully saturated rings. The van der Waals surface area contributed by atoms with Gasteiger partial charge in [0.25, 0.3) is 0 Å². The van der Waals surface area contributed by atoms with E-state index in [9.17, 15) is 9.59 Å². The number of rotatable bonds is 6. The summed E-state index contributed by atoms with van der Waals surface area (Å²) in [5, 5.41) is 5.09. The molecule has 1 amide bonds. The van der Waals surface area contributed by atoms with Crippen LogP contribution in [-0.4, -0.2) is 24.0 Å². The number of aromatic nitrogens is 1. The number of hydrogen-bond donors (Lipinski definition) is 1. The molecule has 0 radical (unpaired) electrons. The van der Waals surface area contributed by atoms with Gasteiger partial charge in [0.2, 0.25) is 0 Å². The highest BCUT2D eigenvalue weighted by molar-refractivity contribution is 7.18. The lowest BCUT2D eigenvalue weighted by molar-refractivity contribution is 0.102. The van der Waals surface area contributed by atoms with E-state index in [1.165, 1.54) is 22.7 Å². The molecule has 3 rings (SSSR count). The molecule has 0 aromatic carbocycles. The number of aryl methyl sites for hydroxylation is 1. The number of carbonyl (C=O) groups is 2. The number of methoxy groups -OCH3 is 1. The normalized spacial score (nSPS) is 10.6. The Hall–Kier alpha value is -2.71. The van der Waals surface area contributed by atoms with Gasteiger partial charge in [-0.1, -0.05) is 0 Å². The van der Waals surface area contributed by atoms with E-state index in [1.807, 2.05) is 25.3 Å². The first-order valence-corrected chi connectivity index (χ1v) is 10.2. The van der Waals surface area contributed by atoms with Crippen LogP contribution in [0, 0.1) is 13.8 Å². The topological polar surface area (TPSA) is 77.5 Å². The lowest BCUT2D eigenvalue weighted by Crippen LogP contribution is -2.26. The first-order valence-electron chi connectivity index (χ1n) is 8.53. The minimum absolute atomic E-state index is 0.0407. The van der Waals surface area contributed by atoms with E-state index < -0.39 is 6.09 Å². The molecule has 0 unspecified atom stereocenters. The Morgan fingerprint density at radius 3 is 2.71 bits per heavy atom. The van der Waals surface area contributed by atoms with Crippen LogP contribution in [0.2, 0.25) is 0 Å². The Balaban J connectivity index is 1.61. The largest absolute Gasteiger partial charge is 0.496 e. The van der Waals surface area contributed by atoms with Gasteiger partial charge < -0.3 is 14.8 Å². The van der Waals surface area contributed by atoms with Crippen LogP contribution in [0.1, 0.15) is 33.4 Å². The summed E-state index contributed by atoms with van der Waals surface area (Å²) in [7, 11) is 1.61. The molecule has 0 atom stereocenters. The Morgan fingerprint density at radius 2 is 2.04 bits per heavy atom. The van der Waals surface area contributed by atoms with Crippen molar-refractivity contribution >= 4 is 34.6 Å². The maximum absolute atomic E-state index is 12.1. The molecule has 0 aliphatic rings. The second-order valence-electron chi connectivity index (χ2n) is 6.16. The van der Waals surface area contributed by atoms with Crippen molar-refractivity contribution in [2.24, 2.45) is 0 Å². The Bertz CT molecular complexity index is 1020. The average molecular weight is 417 g/mol. The average Bonchev–Trinajstić information content (AvgIpc) is 3.31. The van der Waals surface area contributed by atoms with Crippen LogP contribution in [0.3, 0.4) is 0 Å². The van der Waals surface area contributed by atoms with Gasteiger partial charge in [-0.15, -0.1) is 22.7 Å². The number of thiophene rings is 2. The number of carbonyl (C=O) groups excluding carboxylic acids is 2. The fourth-order valence-corrected chi connectivity index (χ4v) is 4.43. The zero-order chi connectivity index (χ0) is 20.3. The lowest BCUT2D eigenvalue weighted by atomic mass is 10.1. The van der Waals surface area contributed by atoms with Crippen LogP contribution in [-0.2, 0) is 6.54 Å². The van der Waals surface area contributed by atoms with Crippen molar-refractivity contribution in [1.29, 1.82) is 0 Å². The van der Waals surface area contributed by atoms with Gasteiger partial charge in [0.05, 0.1) is 24.2 Å². The zero-order valence-corrected chi connectivity index (χ0v) is 17.6. The molecule has 0 saturated carbocycles. The van der Waals surface area contributed by atoms with Gasteiger partial charge in [-0.3, -0.25) is 9.78 Å². The highest BCUT2D eigenvalue weighted by atomic mass is 32.1. The quantitative estimate of drug-likeness (QED) is 0.573. The highest BCUT2D eigenvalue weighted by Gasteiger charge is 2.13. The summed E-state index contributed by atoms with van der Waals surface area (Å²) in [6.07, 6.45) is 1.17. The van der Waals surface area contributed by atoms with E-state index in [2.05, 4.69) is 10.3 Å². The minimum Gasteiger partial charge on any atom is -0.496 e. The van der Waals surface area contributed by atoms with Gasteiger partial charge in [0.1, 0.15) is 5.75 Å². The lowest BCUT2D eigenvalue weighted by Gasteiger charge is -2.12. The van der Waals surface area contributed by atoms with Crippen molar-refractivity contribution < 1.29 is 19.1 Å². The van der Waals surface area contributed by atoms with Gasteiger partial charge in [-0.25, -0.2) is 4.79 Å². The fraction of sp³-hybridized carbons (Fsp3) is 0.250. The molecule has 6 nitrogen and oxygen atoms in total. The summed E-state index contributed by atoms with van der Waals surface area (Å²) in [5.41, 5.74) is 3.48. The molecule has 0 saturated heterocycles. The number of Topliss-reactive ketones (excluding diaryl/α,β-unsaturated/α-hetero) is 1. The van der Waals surface area contributed by atoms with E-state index >= 15 is 0 Å². The van der Waals surface area contributed by atoms with Crippen LogP contribution >= 0.6 is 22.7 Å². The summed E-state index contributed by atoms with van der Waals surface area (Å²) in [4.78, 5) is 29.6. The number of hydrogen-bond acceptors (Lipinski definition) is 7. The highest BCUT2D eigenvalue weighted by Crippen LogP contribution is 2.35. The summed E-state index contributed by atoms with van der Waals surface area (Å²) in [5.74, 6) is 0.808. The van der Waals surface area contributed by atoms with Crippen molar-refractivity contribution in [2.45, 2.75) is 27.3 Å². The predicted octanol–water partition coefficient (Wildman–Crippen LogP) is 4.99. The Kier molecular flexibility index (Phi) is 6.11. The van der Waals surface area contributed by atoms with Crippen LogP contribution < -0.4 is 14.8 Å². The van der Waals surface area contributed by atoms with E-state index in [1.54, 1.807) is 32.4 Å². The van der Waals surface area contributed by atoms with Crippen LogP contribution in [0.5, 0.6) is 10.8 Å². The molecular weight excluding hydrogens is 396 g/mol. The van der Waals surface area contributed by atoms with Crippen LogP contribution in [0.4, 0.5) is 4.79 Å². The maximum atomic E-state index is 12.1. The Morgan fingerprint density at radius 1 is 1.25 bits per heavy atom. The molecule has 3 aromatic heterocycles. The third-order valence-corrected chi connectivity index (χ3v) is 6.20. The fourth-order valence-electron chi connectivity index (χ4n) is 2.71. The molecule has 146 valence electrons. The molecule has 0 aliphatic carbocycles. The first kappa shape index (κ1) is 20.0. The van der Waals surface area contributed by atoms with Gasteiger partial charge in [-0.2, -0.15) is 0 Å². The number of amides is 1. The number of nitrogens with zero attached hydrogens (tertiary/aromatic N) is 1. The monoisotopic (exact) mass is 416 g/mol. The number of nitrogens with one attached hydrogen (secondary N) is 1. The molecule has 3 aromatic rings. The van der Waals surface area contributed by atoms with Gasteiger partial charge in [0.15, 0.2) is 10.8 Å². The molecule has 3 heterocycles. The van der Waals surface area contributed by atoms with Crippen LogP contribution in [0.15, 0.2) is 29.8 Å². The van der Waals surface area contributed by atoms with Crippen molar-refractivity contribution in [3.63, 3.8) is 0 Å². The van der Waals surface area contributed by atoms with Crippen molar-refractivity contribution in [2.75, 3.05) is 7.11 Å². The van der Waals surface area contributed by atoms with E-state index in [-0.39, 0.29) is 12.3 Å². The smallest absolute Gasteiger partial charge is 0.413 e. The predicted molar refractivity (Wildman–Crippen MR) is 111 cm³/mol. The van der Waals surface area contributed by atoms with Crippen molar-refractivity contribution in [3.8, 4) is 21.3 Å². The second-order valence-corrected chi connectivity index (χ2v) is 8.12. The summed E-state index contributed by atoms with van der Waals surface area (Å²) >= 11 is 2.75. The van der Waals surface area contributed by atoms with Gasteiger partial charge in [0, 0.05) is 39.2 Å². The van der Waals surface area contributed by atoms with Gasteiger partial charge in [-0.05, 0) is 32.9 Å². The number of ketones is 1. The molecule has 1 N–H and O–H groups in total. The molecule has 0 bridgehead atoms. The molecule has 8 heteroatoms. The maximum Gasteiger partial charge on any atom is 0.413 e. The summed E-state index contributed by atoms with van der Waals surface area (Å²) in [6.45, 7) is 5.61. The molecular formula is C20H20N2O4S2. The molecule has 28 heavy (non-hydrogen) atoms. The third-order valence-electron chi connectivity index (χ3n) is 4.16. The molecule has 0 spiro atoms. The summed E-state index contributed by atoms with van der Waals surface area (Å²) in [6, 6.07) is 5.49. The van der Waals surface area contributed by atoms with E-state index in [4.69, 9.17) is 9.47 Å². The van der Waals surface area contributed by atoms with E-state index in [0.717, 1.165) is 33.0 Å². The van der Waals surface area contributed by atoms with Gasteiger partial charge >= 0.3 is 6.09 Å². The SMILES string of the molecule is COc1c(C)cnc(CNC(=O)Oc2cc(-c3ccc(C(C)=O)s3)cs2)c1C. The Labute approximate surface area is 171 Å². The number of ether oxygens (including phenoxy) is 2. The number of pyridine rings is 1. The third kappa shape index (κ3) is 4.40. The van der Waals surface area contributed by atoms with E-state index in [0.29, 0.717) is 9.94 Å². The molecule has 0 aliphatic heterocycles. The second kappa shape index (κ2) is 8.53. The van der Waals surface area contributed by atoms with Crippen LogP contribution in [0.25, 0.3) is 10.4 Å². The van der Waals surface area contributed by atoms with Crippen molar-refractivity contribution in [3.05, 3.63) is 51.5 Å². The summed E-state index contributed by atoms with van der Waals surface area (Å²) < 4.78 is 10.7. The zero-order valence-electron chi connectivity index (χ0n) is 16.0.